The first kappa shape index (κ1) is 12.4. The Morgan fingerprint density at radius 1 is 1.22 bits per heavy atom. The molecule has 1 aromatic carbocycles. The van der Waals surface area contributed by atoms with Gasteiger partial charge in [-0.05, 0) is 37.6 Å². The summed E-state index contributed by atoms with van der Waals surface area (Å²) < 4.78 is 5.60. The van der Waals surface area contributed by atoms with Gasteiger partial charge in [0.1, 0.15) is 5.75 Å². The molecule has 94 valence electrons. The van der Waals surface area contributed by atoms with Crippen LogP contribution in [0.2, 0.25) is 0 Å². The molecule has 0 amide bonds. The van der Waals surface area contributed by atoms with E-state index in [1.54, 1.807) is 6.20 Å². The van der Waals surface area contributed by atoms with Gasteiger partial charge in [-0.2, -0.15) is 0 Å². The summed E-state index contributed by atoms with van der Waals surface area (Å²) >= 11 is 0. The summed E-state index contributed by atoms with van der Waals surface area (Å²) in [6, 6.07) is 12.2. The highest BCUT2D eigenvalue weighted by Crippen LogP contribution is 2.27. The van der Waals surface area contributed by atoms with E-state index in [1.165, 1.54) is 0 Å². The van der Waals surface area contributed by atoms with E-state index in [4.69, 9.17) is 4.74 Å². The third-order valence-corrected chi connectivity index (χ3v) is 2.74. The van der Waals surface area contributed by atoms with Crippen molar-refractivity contribution in [2.45, 2.75) is 19.9 Å². The van der Waals surface area contributed by atoms with E-state index in [0.717, 1.165) is 17.0 Å². The molecule has 0 saturated heterocycles. The van der Waals surface area contributed by atoms with E-state index in [1.807, 2.05) is 43.5 Å². The minimum absolute atomic E-state index is 0.195. The van der Waals surface area contributed by atoms with Crippen LogP contribution in [0.4, 0.5) is 5.69 Å². The number of rotatable bonds is 5. The van der Waals surface area contributed by atoms with Gasteiger partial charge in [-0.25, -0.2) is 0 Å². The SMILES string of the molecule is CCOc1ccccc1NC(C)c1cccnc1. The summed E-state index contributed by atoms with van der Waals surface area (Å²) in [5.74, 6) is 0.885. The topological polar surface area (TPSA) is 34.1 Å². The van der Waals surface area contributed by atoms with Crippen LogP contribution in [0.3, 0.4) is 0 Å². The Morgan fingerprint density at radius 3 is 2.78 bits per heavy atom. The first-order valence-corrected chi connectivity index (χ1v) is 6.19. The monoisotopic (exact) mass is 242 g/mol. The smallest absolute Gasteiger partial charge is 0.142 e. The molecule has 1 aromatic heterocycles. The molecule has 0 spiro atoms. The number of pyridine rings is 1. The number of para-hydroxylation sites is 2. The van der Waals surface area contributed by atoms with Crippen molar-refractivity contribution in [3.05, 3.63) is 54.4 Å². The van der Waals surface area contributed by atoms with Gasteiger partial charge in [-0.1, -0.05) is 18.2 Å². The quantitative estimate of drug-likeness (QED) is 0.869. The average molecular weight is 242 g/mol. The third-order valence-electron chi connectivity index (χ3n) is 2.74. The molecule has 0 aliphatic heterocycles. The molecule has 2 aromatic rings. The molecule has 0 aliphatic carbocycles. The van der Waals surface area contributed by atoms with Crippen molar-refractivity contribution < 1.29 is 4.74 Å². The maximum absolute atomic E-state index is 5.60. The van der Waals surface area contributed by atoms with Gasteiger partial charge in [0.25, 0.3) is 0 Å². The molecule has 1 atom stereocenters. The Labute approximate surface area is 108 Å². The molecule has 1 unspecified atom stereocenters. The van der Waals surface area contributed by atoms with Crippen molar-refractivity contribution >= 4 is 5.69 Å². The van der Waals surface area contributed by atoms with E-state index < -0.39 is 0 Å². The maximum Gasteiger partial charge on any atom is 0.142 e. The number of ether oxygens (including phenoxy) is 1. The Hall–Kier alpha value is -2.03. The van der Waals surface area contributed by atoms with Crippen molar-refractivity contribution in [3.8, 4) is 5.75 Å². The summed E-state index contributed by atoms with van der Waals surface area (Å²) in [6.45, 7) is 4.76. The van der Waals surface area contributed by atoms with Crippen molar-refractivity contribution in [2.24, 2.45) is 0 Å². The van der Waals surface area contributed by atoms with Gasteiger partial charge in [0.15, 0.2) is 0 Å². The van der Waals surface area contributed by atoms with Gasteiger partial charge in [-0.15, -0.1) is 0 Å². The lowest BCUT2D eigenvalue weighted by atomic mass is 10.1. The van der Waals surface area contributed by atoms with Gasteiger partial charge >= 0.3 is 0 Å². The van der Waals surface area contributed by atoms with Crippen molar-refractivity contribution in [1.82, 2.24) is 4.98 Å². The lowest BCUT2D eigenvalue weighted by Crippen LogP contribution is -2.08. The number of nitrogens with one attached hydrogen (secondary N) is 1. The average Bonchev–Trinajstić information content (AvgIpc) is 2.42. The predicted molar refractivity (Wildman–Crippen MR) is 73.9 cm³/mol. The van der Waals surface area contributed by atoms with Gasteiger partial charge < -0.3 is 10.1 Å². The van der Waals surface area contributed by atoms with Crippen molar-refractivity contribution in [3.63, 3.8) is 0 Å². The second-order valence-corrected chi connectivity index (χ2v) is 4.08. The van der Waals surface area contributed by atoms with Crippen LogP contribution in [0.25, 0.3) is 0 Å². The van der Waals surface area contributed by atoms with Crippen molar-refractivity contribution in [1.29, 1.82) is 0 Å². The summed E-state index contributed by atoms with van der Waals surface area (Å²) in [7, 11) is 0. The highest BCUT2D eigenvalue weighted by Gasteiger charge is 2.08. The molecule has 18 heavy (non-hydrogen) atoms. The minimum atomic E-state index is 0.195. The molecule has 3 nitrogen and oxygen atoms in total. The van der Waals surface area contributed by atoms with Gasteiger partial charge in [0.05, 0.1) is 18.3 Å². The molecular formula is C15H18N2O. The van der Waals surface area contributed by atoms with Crippen LogP contribution < -0.4 is 10.1 Å². The Morgan fingerprint density at radius 2 is 2.06 bits per heavy atom. The molecule has 0 aliphatic rings. The second-order valence-electron chi connectivity index (χ2n) is 4.08. The first-order valence-electron chi connectivity index (χ1n) is 6.19. The van der Waals surface area contributed by atoms with E-state index in [0.29, 0.717) is 6.61 Å². The summed E-state index contributed by atoms with van der Waals surface area (Å²) in [5.41, 5.74) is 2.17. The molecule has 0 fully saturated rings. The normalized spacial score (nSPS) is 11.9. The minimum Gasteiger partial charge on any atom is -0.492 e. The summed E-state index contributed by atoms with van der Waals surface area (Å²) in [4.78, 5) is 4.13. The number of hydrogen-bond acceptors (Lipinski definition) is 3. The fourth-order valence-electron chi connectivity index (χ4n) is 1.82. The fourth-order valence-corrected chi connectivity index (χ4v) is 1.82. The van der Waals surface area contributed by atoms with E-state index in [2.05, 4.69) is 23.3 Å². The largest absolute Gasteiger partial charge is 0.492 e. The Bertz CT molecular complexity index is 485. The first-order chi connectivity index (χ1) is 8.81. The fraction of sp³-hybridized carbons (Fsp3) is 0.267. The van der Waals surface area contributed by atoms with Crippen LogP contribution in [-0.2, 0) is 0 Å². The standard InChI is InChI=1S/C15H18N2O/c1-3-18-15-9-5-4-8-14(15)17-12(2)13-7-6-10-16-11-13/h4-12,17H,3H2,1-2H3. The number of anilines is 1. The lowest BCUT2D eigenvalue weighted by molar-refractivity contribution is 0.341. The molecular weight excluding hydrogens is 224 g/mol. The van der Waals surface area contributed by atoms with Gasteiger partial charge in [0, 0.05) is 12.4 Å². The van der Waals surface area contributed by atoms with Crippen LogP contribution in [0.15, 0.2) is 48.8 Å². The highest BCUT2D eigenvalue weighted by atomic mass is 16.5. The molecule has 1 heterocycles. The van der Waals surface area contributed by atoms with Gasteiger partial charge in [-0.3, -0.25) is 4.98 Å². The number of nitrogens with zero attached hydrogens (tertiary/aromatic N) is 1. The van der Waals surface area contributed by atoms with Crippen molar-refractivity contribution in [2.75, 3.05) is 11.9 Å². The third kappa shape index (κ3) is 3.00. The van der Waals surface area contributed by atoms with Crippen LogP contribution in [0.1, 0.15) is 25.5 Å². The lowest BCUT2D eigenvalue weighted by Gasteiger charge is -2.18. The molecule has 0 bridgehead atoms. The predicted octanol–water partition coefficient (Wildman–Crippen LogP) is 3.65. The van der Waals surface area contributed by atoms with Crippen LogP contribution in [-0.4, -0.2) is 11.6 Å². The second kappa shape index (κ2) is 6.05. The number of hydrogen-bond donors (Lipinski definition) is 1. The van der Waals surface area contributed by atoms with Crippen LogP contribution in [0.5, 0.6) is 5.75 Å². The Balaban J connectivity index is 2.14. The number of aromatic nitrogens is 1. The Kier molecular flexibility index (Phi) is 4.18. The molecule has 3 heteroatoms. The maximum atomic E-state index is 5.60. The zero-order valence-corrected chi connectivity index (χ0v) is 10.8. The molecule has 1 N–H and O–H groups in total. The number of benzene rings is 1. The molecule has 2 rings (SSSR count). The van der Waals surface area contributed by atoms with Gasteiger partial charge in [0.2, 0.25) is 0 Å². The summed E-state index contributed by atoms with van der Waals surface area (Å²) in [6.07, 6.45) is 3.66. The summed E-state index contributed by atoms with van der Waals surface area (Å²) in [5, 5.41) is 3.45. The van der Waals surface area contributed by atoms with Crippen LogP contribution in [0, 0.1) is 0 Å². The molecule has 0 saturated carbocycles. The highest BCUT2D eigenvalue weighted by molar-refractivity contribution is 5.57. The van der Waals surface area contributed by atoms with Crippen LogP contribution >= 0.6 is 0 Å². The zero-order chi connectivity index (χ0) is 12.8. The zero-order valence-electron chi connectivity index (χ0n) is 10.8. The van der Waals surface area contributed by atoms with E-state index >= 15 is 0 Å². The van der Waals surface area contributed by atoms with E-state index in [-0.39, 0.29) is 6.04 Å². The van der Waals surface area contributed by atoms with E-state index in [9.17, 15) is 0 Å². The molecule has 0 radical (unpaired) electrons.